The average molecular weight is 272 g/mol. The van der Waals surface area contributed by atoms with Crippen LogP contribution in [0, 0.1) is 0 Å². The van der Waals surface area contributed by atoms with Crippen LogP contribution in [0.25, 0.3) is 0 Å². The maximum absolute atomic E-state index is 11.4. The molecule has 0 amide bonds. The lowest BCUT2D eigenvalue weighted by Crippen LogP contribution is -2.19. The van der Waals surface area contributed by atoms with E-state index in [1.165, 1.54) is 24.3 Å². The summed E-state index contributed by atoms with van der Waals surface area (Å²) < 4.78 is 14.9. The molecule has 0 aliphatic carbocycles. The highest BCUT2D eigenvalue weighted by atomic mass is 31.2. The Labute approximate surface area is 104 Å². The fraction of sp³-hybridized carbons (Fsp3) is 0.182. The van der Waals surface area contributed by atoms with Gasteiger partial charge in [0.05, 0.1) is 0 Å². The Morgan fingerprint density at radius 2 is 1.94 bits per heavy atom. The molecule has 3 N–H and O–H groups in total. The van der Waals surface area contributed by atoms with Gasteiger partial charge in [-0.3, -0.25) is 14.6 Å². The Hall–Kier alpha value is -1.46. The number of carbonyl (C=O) groups is 1. The maximum Gasteiger partial charge on any atom is 0.524 e. The van der Waals surface area contributed by atoms with Crippen LogP contribution in [-0.2, 0) is 15.8 Å². The van der Waals surface area contributed by atoms with Crippen molar-refractivity contribution in [2.45, 2.75) is 12.5 Å². The molecule has 1 atom stereocenters. The second-order valence-electron chi connectivity index (χ2n) is 3.55. The standard InChI is InChI=1S/C11H13O6P/c1-2-10(12)11(13)7-8-3-5-9(6-4-8)17-18(14,15)16/h2-6,10,12H,1,7H2,(H2,14,15,16). The first-order chi connectivity index (χ1) is 8.31. The van der Waals surface area contributed by atoms with Crippen molar-refractivity contribution in [3.63, 3.8) is 0 Å². The largest absolute Gasteiger partial charge is 0.524 e. The van der Waals surface area contributed by atoms with Crippen molar-refractivity contribution in [2.24, 2.45) is 0 Å². The monoisotopic (exact) mass is 272 g/mol. The summed E-state index contributed by atoms with van der Waals surface area (Å²) in [6, 6.07) is 5.64. The van der Waals surface area contributed by atoms with E-state index in [9.17, 15) is 14.5 Å². The van der Waals surface area contributed by atoms with Crippen molar-refractivity contribution >= 4 is 13.6 Å². The molecule has 0 saturated heterocycles. The van der Waals surface area contributed by atoms with E-state index in [0.29, 0.717) is 5.56 Å². The van der Waals surface area contributed by atoms with Crippen molar-refractivity contribution in [1.82, 2.24) is 0 Å². The normalized spacial score (nSPS) is 12.8. The summed E-state index contributed by atoms with van der Waals surface area (Å²) >= 11 is 0. The minimum Gasteiger partial charge on any atom is -0.404 e. The number of aliphatic hydroxyl groups excluding tert-OH is 1. The SMILES string of the molecule is C=CC(O)C(=O)Cc1ccc(OP(=O)(O)O)cc1. The quantitative estimate of drug-likeness (QED) is 0.523. The summed E-state index contributed by atoms with van der Waals surface area (Å²) in [4.78, 5) is 28.5. The molecule has 0 aromatic heterocycles. The summed E-state index contributed by atoms with van der Waals surface area (Å²) in [6.45, 7) is 3.30. The molecule has 98 valence electrons. The Kier molecular flexibility index (Phi) is 4.81. The minimum atomic E-state index is -4.57. The van der Waals surface area contributed by atoms with Gasteiger partial charge >= 0.3 is 7.82 Å². The van der Waals surface area contributed by atoms with Gasteiger partial charge in [-0.2, -0.15) is 0 Å². The number of ketones is 1. The molecule has 7 heteroatoms. The third kappa shape index (κ3) is 4.81. The van der Waals surface area contributed by atoms with Crippen LogP contribution in [0.2, 0.25) is 0 Å². The molecule has 0 spiro atoms. The number of hydrogen-bond donors (Lipinski definition) is 3. The molecule has 0 aliphatic rings. The number of phosphoric acid groups is 1. The van der Waals surface area contributed by atoms with E-state index in [4.69, 9.17) is 9.79 Å². The molecule has 6 nitrogen and oxygen atoms in total. The number of rotatable bonds is 6. The summed E-state index contributed by atoms with van der Waals surface area (Å²) in [5, 5.41) is 9.20. The van der Waals surface area contributed by atoms with Gasteiger partial charge in [-0.05, 0) is 17.7 Å². The van der Waals surface area contributed by atoms with Crippen molar-refractivity contribution in [3.05, 3.63) is 42.5 Å². The smallest absolute Gasteiger partial charge is 0.404 e. The average Bonchev–Trinajstić information content (AvgIpc) is 2.28. The molecule has 1 rings (SSSR count). The zero-order valence-corrected chi connectivity index (χ0v) is 10.3. The number of phosphoric ester groups is 1. The highest BCUT2D eigenvalue weighted by Crippen LogP contribution is 2.37. The lowest BCUT2D eigenvalue weighted by atomic mass is 10.1. The zero-order chi connectivity index (χ0) is 13.8. The van der Waals surface area contributed by atoms with Crippen LogP contribution in [0.3, 0.4) is 0 Å². The van der Waals surface area contributed by atoms with Crippen molar-refractivity contribution in [2.75, 3.05) is 0 Å². The predicted octanol–water partition coefficient (Wildman–Crippen LogP) is 0.817. The van der Waals surface area contributed by atoms with Crippen LogP contribution < -0.4 is 4.52 Å². The predicted molar refractivity (Wildman–Crippen MR) is 64.0 cm³/mol. The molecule has 18 heavy (non-hydrogen) atoms. The number of carbonyl (C=O) groups excluding carboxylic acids is 1. The molecular formula is C11H13O6P. The summed E-state index contributed by atoms with van der Waals surface area (Å²) in [6.07, 6.45) is -0.0761. The highest BCUT2D eigenvalue weighted by molar-refractivity contribution is 7.46. The van der Waals surface area contributed by atoms with Crippen LogP contribution in [0.5, 0.6) is 5.75 Å². The molecule has 1 aromatic rings. The van der Waals surface area contributed by atoms with Crippen LogP contribution in [-0.4, -0.2) is 26.8 Å². The topological polar surface area (TPSA) is 104 Å². The highest BCUT2D eigenvalue weighted by Gasteiger charge is 2.16. The molecule has 0 fully saturated rings. The Balaban J connectivity index is 2.69. The molecule has 0 bridgehead atoms. The van der Waals surface area contributed by atoms with Gasteiger partial charge in [0, 0.05) is 6.42 Å². The van der Waals surface area contributed by atoms with Gasteiger partial charge in [-0.15, -0.1) is 6.58 Å². The van der Waals surface area contributed by atoms with E-state index in [1.807, 2.05) is 0 Å². The molecule has 0 aliphatic heterocycles. The van der Waals surface area contributed by atoms with Gasteiger partial charge in [0.1, 0.15) is 11.9 Å². The van der Waals surface area contributed by atoms with Crippen molar-refractivity contribution in [1.29, 1.82) is 0 Å². The number of Topliss-reactive ketones (excluding diaryl/α,β-unsaturated/α-hetero) is 1. The maximum atomic E-state index is 11.4. The first-order valence-corrected chi connectivity index (χ1v) is 6.52. The molecular weight excluding hydrogens is 259 g/mol. The first-order valence-electron chi connectivity index (χ1n) is 4.99. The van der Waals surface area contributed by atoms with Crippen LogP contribution in [0.1, 0.15) is 5.56 Å². The summed E-state index contributed by atoms with van der Waals surface area (Å²) in [7, 11) is -4.57. The van der Waals surface area contributed by atoms with Gasteiger partial charge in [-0.25, -0.2) is 4.57 Å². The van der Waals surface area contributed by atoms with Crippen molar-refractivity contribution < 1.29 is 28.8 Å². The molecule has 0 heterocycles. The zero-order valence-electron chi connectivity index (χ0n) is 9.39. The van der Waals surface area contributed by atoms with E-state index in [0.717, 1.165) is 6.08 Å². The summed E-state index contributed by atoms with van der Waals surface area (Å²) in [5.41, 5.74) is 0.596. The molecule has 1 unspecified atom stereocenters. The van der Waals surface area contributed by atoms with Gasteiger partial charge in [0.2, 0.25) is 0 Å². The van der Waals surface area contributed by atoms with Crippen LogP contribution >= 0.6 is 7.82 Å². The van der Waals surface area contributed by atoms with Gasteiger partial charge in [-0.1, -0.05) is 18.2 Å². The number of hydrogen-bond acceptors (Lipinski definition) is 4. The van der Waals surface area contributed by atoms with Gasteiger partial charge < -0.3 is 9.63 Å². The molecule has 1 aromatic carbocycles. The first kappa shape index (κ1) is 14.6. The Morgan fingerprint density at radius 3 is 2.39 bits per heavy atom. The fourth-order valence-corrected chi connectivity index (χ4v) is 1.64. The summed E-state index contributed by atoms with van der Waals surface area (Å²) in [5.74, 6) is -0.405. The molecule has 0 saturated carbocycles. The molecule has 0 radical (unpaired) electrons. The Morgan fingerprint density at radius 1 is 1.39 bits per heavy atom. The van der Waals surface area contributed by atoms with Crippen molar-refractivity contribution in [3.8, 4) is 5.75 Å². The van der Waals surface area contributed by atoms with E-state index in [1.54, 1.807) is 0 Å². The van der Waals surface area contributed by atoms with E-state index in [2.05, 4.69) is 11.1 Å². The third-order valence-electron chi connectivity index (χ3n) is 2.08. The lowest BCUT2D eigenvalue weighted by Gasteiger charge is -2.08. The second kappa shape index (κ2) is 5.93. The minimum absolute atomic E-state index is 0.00335. The number of benzene rings is 1. The lowest BCUT2D eigenvalue weighted by molar-refractivity contribution is -0.124. The Bertz CT molecular complexity index is 475. The third-order valence-corrected chi connectivity index (χ3v) is 2.53. The van der Waals surface area contributed by atoms with E-state index < -0.39 is 19.7 Å². The van der Waals surface area contributed by atoms with Gasteiger partial charge in [0.15, 0.2) is 5.78 Å². The van der Waals surface area contributed by atoms with E-state index >= 15 is 0 Å². The fourth-order valence-electron chi connectivity index (χ4n) is 1.24. The second-order valence-corrected chi connectivity index (χ2v) is 4.71. The van der Waals surface area contributed by atoms with Crippen LogP contribution in [0.4, 0.5) is 0 Å². The number of aliphatic hydroxyl groups is 1. The van der Waals surface area contributed by atoms with E-state index in [-0.39, 0.29) is 12.2 Å². The van der Waals surface area contributed by atoms with Gasteiger partial charge in [0.25, 0.3) is 0 Å². The van der Waals surface area contributed by atoms with Crippen LogP contribution in [0.15, 0.2) is 36.9 Å².